The molecule has 1 aliphatic heterocycles. The first kappa shape index (κ1) is 14.3. The zero-order chi connectivity index (χ0) is 14.0. The van der Waals surface area contributed by atoms with Crippen molar-refractivity contribution in [3.05, 3.63) is 0 Å². The number of hydrogen-bond donors (Lipinski definition) is 3. The number of nitrogens with two attached hydrogens (primary N) is 1. The van der Waals surface area contributed by atoms with Gasteiger partial charge >= 0.3 is 6.03 Å². The van der Waals surface area contributed by atoms with Gasteiger partial charge in [0.2, 0.25) is 0 Å². The number of aliphatic hydroxyl groups is 1. The highest BCUT2D eigenvalue weighted by atomic mass is 16.3. The number of nitrogens with one attached hydrogen (secondary N) is 1. The summed E-state index contributed by atoms with van der Waals surface area (Å²) in [7, 11) is 0. The standard InChI is InChI=1S/C13H23N3O3/c1-9(8-17)7-16-11(18)13(15-12(16)19)5-3-2-4-10(13)6-14/h9-10,17H,2-8,14H2,1H3,(H,15,19). The minimum Gasteiger partial charge on any atom is -0.396 e. The number of hydrogen-bond acceptors (Lipinski definition) is 4. The first-order valence-electron chi connectivity index (χ1n) is 7.00. The molecule has 1 saturated heterocycles. The normalized spacial score (nSPS) is 32.8. The van der Waals surface area contributed by atoms with Crippen LogP contribution < -0.4 is 11.1 Å². The molecule has 4 N–H and O–H groups in total. The molecule has 1 heterocycles. The molecule has 1 saturated carbocycles. The lowest BCUT2D eigenvalue weighted by Crippen LogP contribution is -2.57. The van der Waals surface area contributed by atoms with Gasteiger partial charge < -0.3 is 16.2 Å². The molecule has 2 aliphatic rings. The number of nitrogens with zero attached hydrogens (tertiary/aromatic N) is 1. The maximum absolute atomic E-state index is 12.6. The Labute approximate surface area is 113 Å². The molecule has 6 nitrogen and oxygen atoms in total. The van der Waals surface area contributed by atoms with Crippen LogP contribution in [0.15, 0.2) is 0 Å². The summed E-state index contributed by atoms with van der Waals surface area (Å²) in [5.41, 5.74) is 4.98. The van der Waals surface area contributed by atoms with Crippen LogP contribution in [0.3, 0.4) is 0 Å². The molecule has 0 aromatic heterocycles. The molecule has 0 bridgehead atoms. The van der Waals surface area contributed by atoms with E-state index in [9.17, 15) is 9.59 Å². The van der Waals surface area contributed by atoms with Crippen LogP contribution in [0.1, 0.15) is 32.6 Å². The first-order chi connectivity index (χ1) is 9.05. The van der Waals surface area contributed by atoms with Gasteiger partial charge in [0.1, 0.15) is 5.54 Å². The molecule has 1 spiro atoms. The monoisotopic (exact) mass is 269 g/mol. The van der Waals surface area contributed by atoms with Crippen molar-refractivity contribution in [2.24, 2.45) is 17.6 Å². The predicted molar refractivity (Wildman–Crippen MR) is 70.2 cm³/mol. The van der Waals surface area contributed by atoms with Crippen molar-refractivity contribution in [1.29, 1.82) is 0 Å². The van der Waals surface area contributed by atoms with Gasteiger partial charge in [-0.1, -0.05) is 19.8 Å². The molecule has 3 amide bonds. The van der Waals surface area contributed by atoms with Crippen LogP contribution in [0.4, 0.5) is 4.79 Å². The molecule has 108 valence electrons. The first-order valence-corrected chi connectivity index (χ1v) is 7.00. The molecule has 6 heteroatoms. The van der Waals surface area contributed by atoms with Crippen molar-refractivity contribution in [3.63, 3.8) is 0 Å². The molecule has 1 aliphatic carbocycles. The van der Waals surface area contributed by atoms with Crippen LogP contribution in [0.5, 0.6) is 0 Å². The number of imide groups is 1. The fourth-order valence-electron chi connectivity index (χ4n) is 3.19. The Balaban J connectivity index is 2.20. The van der Waals surface area contributed by atoms with E-state index in [0.717, 1.165) is 19.3 Å². The Hall–Kier alpha value is -1.14. The fourth-order valence-corrected chi connectivity index (χ4v) is 3.19. The van der Waals surface area contributed by atoms with Crippen LogP contribution in [0, 0.1) is 11.8 Å². The van der Waals surface area contributed by atoms with Crippen molar-refractivity contribution < 1.29 is 14.7 Å². The van der Waals surface area contributed by atoms with Crippen LogP contribution in [0.25, 0.3) is 0 Å². The minimum atomic E-state index is -0.792. The van der Waals surface area contributed by atoms with Crippen molar-refractivity contribution in [3.8, 4) is 0 Å². The molecule has 19 heavy (non-hydrogen) atoms. The number of rotatable bonds is 4. The Morgan fingerprint density at radius 2 is 2.26 bits per heavy atom. The highest BCUT2D eigenvalue weighted by Crippen LogP contribution is 2.38. The van der Waals surface area contributed by atoms with Crippen LogP contribution in [-0.4, -0.2) is 47.2 Å². The summed E-state index contributed by atoms with van der Waals surface area (Å²) >= 11 is 0. The van der Waals surface area contributed by atoms with E-state index in [0.29, 0.717) is 13.0 Å². The van der Waals surface area contributed by atoms with Gasteiger partial charge in [-0.3, -0.25) is 9.69 Å². The summed E-state index contributed by atoms with van der Waals surface area (Å²) in [6.45, 7) is 2.45. The van der Waals surface area contributed by atoms with Crippen molar-refractivity contribution >= 4 is 11.9 Å². The molecule has 2 rings (SSSR count). The Bertz CT molecular complexity index is 374. The fraction of sp³-hybridized carbons (Fsp3) is 0.846. The van der Waals surface area contributed by atoms with E-state index in [-0.39, 0.29) is 36.9 Å². The second-order valence-corrected chi connectivity index (χ2v) is 5.78. The van der Waals surface area contributed by atoms with E-state index in [4.69, 9.17) is 10.8 Å². The lowest BCUT2D eigenvalue weighted by atomic mass is 9.72. The predicted octanol–water partition coefficient (Wildman–Crippen LogP) is 0.0543. The number of amides is 3. The van der Waals surface area contributed by atoms with Gasteiger partial charge in [-0.05, 0) is 25.3 Å². The summed E-state index contributed by atoms with van der Waals surface area (Å²) in [6, 6.07) is -0.342. The summed E-state index contributed by atoms with van der Waals surface area (Å²) in [6.07, 6.45) is 3.54. The smallest absolute Gasteiger partial charge is 0.325 e. The molecule has 0 radical (unpaired) electrons. The van der Waals surface area contributed by atoms with Gasteiger partial charge in [0.25, 0.3) is 5.91 Å². The summed E-state index contributed by atoms with van der Waals surface area (Å²) < 4.78 is 0. The van der Waals surface area contributed by atoms with E-state index in [2.05, 4.69) is 5.32 Å². The zero-order valence-corrected chi connectivity index (χ0v) is 11.4. The summed E-state index contributed by atoms with van der Waals surface area (Å²) in [5.74, 6) is -0.246. The van der Waals surface area contributed by atoms with Crippen molar-refractivity contribution in [1.82, 2.24) is 10.2 Å². The molecule has 3 unspecified atom stereocenters. The number of urea groups is 1. The second kappa shape index (κ2) is 5.46. The quantitative estimate of drug-likeness (QED) is 0.629. The zero-order valence-electron chi connectivity index (χ0n) is 11.4. The Morgan fingerprint density at radius 1 is 1.53 bits per heavy atom. The highest BCUT2D eigenvalue weighted by Gasteiger charge is 2.55. The second-order valence-electron chi connectivity index (χ2n) is 5.78. The molecule has 2 fully saturated rings. The summed E-state index contributed by atoms with van der Waals surface area (Å²) in [5, 5.41) is 12.0. The SMILES string of the molecule is CC(CO)CN1C(=O)NC2(CCCCC2CN)C1=O. The van der Waals surface area contributed by atoms with Gasteiger partial charge in [-0.25, -0.2) is 4.79 Å². The lowest BCUT2D eigenvalue weighted by molar-refractivity contribution is -0.134. The number of carbonyl (C=O) groups excluding carboxylic acids is 2. The van der Waals surface area contributed by atoms with E-state index in [1.807, 2.05) is 6.92 Å². The Kier molecular flexibility index (Phi) is 4.10. The summed E-state index contributed by atoms with van der Waals surface area (Å²) in [4.78, 5) is 25.9. The number of carbonyl (C=O) groups is 2. The van der Waals surface area contributed by atoms with E-state index in [1.54, 1.807) is 0 Å². The van der Waals surface area contributed by atoms with E-state index >= 15 is 0 Å². The van der Waals surface area contributed by atoms with Crippen LogP contribution >= 0.6 is 0 Å². The van der Waals surface area contributed by atoms with Crippen molar-refractivity contribution in [2.45, 2.75) is 38.1 Å². The van der Waals surface area contributed by atoms with Gasteiger partial charge in [0.15, 0.2) is 0 Å². The average Bonchev–Trinajstić information content (AvgIpc) is 2.64. The average molecular weight is 269 g/mol. The third-order valence-electron chi connectivity index (χ3n) is 4.36. The molecule has 0 aromatic rings. The molecular formula is C13H23N3O3. The van der Waals surface area contributed by atoms with Crippen LogP contribution in [-0.2, 0) is 4.79 Å². The van der Waals surface area contributed by atoms with Gasteiger partial charge in [0.05, 0.1) is 0 Å². The Morgan fingerprint density at radius 3 is 2.89 bits per heavy atom. The third-order valence-corrected chi connectivity index (χ3v) is 4.36. The van der Waals surface area contributed by atoms with Crippen molar-refractivity contribution in [2.75, 3.05) is 19.7 Å². The largest absolute Gasteiger partial charge is 0.396 e. The maximum Gasteiger partial charge on any atom is 0.325 e. The molecule has 0 aromatic carbocycles. The van der Waals surface area contributed by atoms with Gasteiger partial charge in [-0.2, -0.15) is 0 Å². The molecule has 3 atom stereocenters. The molecular weight excluding hydrogens is 246 g/mol. The lowest BCUT2D eigenvalue weighted by Gasteiger charge is -2.38. The van der Waals surface area contributed by atoms with Gasteiger partial charge in [-0.15, -0.1) is 0 Å². The number of aliphatic hydroxyl groups excluding tert-OH is 1. The topological polar surface area (TPSA) is 95.7 Å². The van der Waals surface area contributed by atoms with Crippen LogP contribution in [0.2, 0.25) is 0 Å². The maximum atomic E-state index is 12.6. The third kappa shape index (κ3) is 2.34. The van der Waals surface area contributed by atoms with E-state index in [1.165, 1.54) is 4.90 Å². The van der Waals surface area contributed by atoms with E-state index < -0.39 is 5.54 Å². The minimum absolute atomic E-state index is 0.0205. The highest BCUT2D eigenvalue weighted by molar-refractivity contribution is 6.07. The van der Waals surface area contributed by atoms with Gasteiger partial charge in [0, 0.05) is 19.1 Å².